The second kappa shape index (κ2) is 8.71. The molecule has 0 spiro atoms. The maximum absolute atomic E-state index is 13.3. The van der Waals surface area contributed by atoms with Crippen LogP contribution in [0.1, 0.15) is 5.56 Å². The molecule has 0 amide bonds. The SMILES string of the molecule is COc1cccc(C=Nn2c(-c3ccc(OC)c(OC)c3)nc3ccccc3c2=O)c1. The molecule has 0 saturated carbocycles. The molecule has 3 aromatic carbocycles. The van der Waals surface area contributed by atoms with E-state index in [9.17, 15) is 4.79 Å². The minimum Gasteiger partial charge on any atom is -0.497 e. The highest BCUT2D eigenvalue weighted by atomic mass is 16.5. The number of aromatic nitrogens is 2. The molecule has 0 unspecified atom stereocenters. The molecule has 0 aliphatic heterocycles. The van der Waals surface area contributed by atoms with E-state index in [1.165, 1.54) is 4.68 Å². The zero-order valence-corrected chi connectivity index (χ0v) is 17.4. The Kier molecular flexibility index (Phi) is 5.66. The van der Waals surface area contributed by atoms with Crippen molar-refractivity contribution in [1.29, 1.82) is 0 Å². The van der Waals surface area contributed by atoms with Gasteiger partial charge < -0.3 is 14.2 Å². The minimum atomic E-state index is -0.269. The predicted molar refractivity (Wildman–Crippen MR) is 121 cm³/mol. The van der Waals surface area contributed by atoms with Gasteiger partial charge in [0, 0.05) is 5.56 Å². The van der Waals surface area contributed by atoms with Crippen molar-refractivity contribution in [2.24, 2.45) is 5.10 Å². The Hall–Kier alpha value is -4.13. The molecule has 0 aliphatic rings. The third-order valence-electron chi connectivity index (χ3n) is 4.81. The van der Waals surface area contributed by atoms with Crippen molar-refractivity contribution in [3.05, 3.63) is 82.6 Å². The molecule has 0 atom stereocenters. The molecule has 7 heteroatoms. The summed E-state index contributed by atoms with van der Waals surface area (Å²) in [6, 6.07) is 20.0. The zero-order valence-electron chi connectivity index (χ0n) is 17.4. The van der Waals surface area contributed by atoms with Crippen LogP contribution in [0, 0.1) is 0 Å². The number of para-hydroxylation sites is 1. The molecule has 4 rings (SSSR count). The van der Waals surface area contributed by atoms with Crippen molar-refractivity contribution in [1.82, 2.24) is 9.66 Å². The van der Waals surface area contributed by atoms with Gasteiger partial charge in [-0.05, 0) is 48.0 Å². The second-order valence-electron chi connectivity index (χ2n) is 6.66. The van der Waals surface area contributed by atoms with Crippen molar-refractivity contribution in [2.75, 3.05) is 21.3 Å². The van der Waals surface area contributed by atoms with Gasteiger partial charge in [-0.25, -0.2) is 4.98 Å². The fraction of sp³-hybridized carbons (Fsp3) is 0.125. The summed E-state index contributed by atoms with van der Waals surface area (Å²) < 4.78 is 17.3. The van der Waals surface area contributed by atoms with Crippen LogP contribution in [0.25, 0.3) is 22.3 Å². The van der Waals surface area contributed by atoms with Crippen LogP contribution in [0.5, 0.6) is 17.2 Å². The highest BCUT2D eigenvalue weighted by molar-refractivity contribution is 5.82. The molecule has 7 nitrogen and oxygen atoms in total. The van der Waals surface area contributed by atoms with Gasteiger partial charge >= 0.3 is 0 Å². The summed E-state index contributed by atoms with van der Waals surface area (Å²) in [6.45, 7) is 0. The van der Waals surface area contributed by atoms with Crippen molar-refractivity contribution in [2.45, 2.75) is 0 Å². The molecule has 0 aliphatic carbocycles. The lowest BCUT2D eigenvalue weighted by molar-refractivity contribution is 0.355. The third kappa shape index (κ3) is 3.98. The first-order valence-corrected chi connectivity index (χ1v) is 9.57. The van der Waals surface area contributed by atoms with E-state index < -0.39 is 0 Å². The van der Waals surface area contributed by atoms with Crippen LogP contribution < -0.4 is 19.8 Å². The number of benzene rings is 3. The van der Waals surface area contributed by atoms with Crippen molar-refractivity contribution >= 4 is 17.1 Å². The van der Waals surface area contributed by atoms with Gasteiger partial charge in [-0.1, -0.05) is 24.3 Å². The van der Waals surface area contributed by atoms with Crippen LogP contribution in [-0.2, 0) is 0 Å². The normalized spacial score (nSPS) is 11.1. The fourth-order valence-corrected chi connectivity index (χ4v) is 3.24. The molecule has 0 saturated heterocycles. The van der Waals surface area contributed by atoms with E-state index in [1.54, 1.807) is 57.9 Å². The van der Waals surface area contributed by atoms with Crippen LogP contribution in [-0.4, -0.2) is 37.2 Å². The average Bonchev–Trinajstić information content (AvgIpc) is 2.83. The Balaban J connectivity index is 1.92. The maximum Gasteiger partial charge on any atom is 0.282 e. The predicted octanol–water partition coefficient (Wildman–Crippen LogP) is 3.97. The molecular formula is C24H21N3O4. The molecule has 0 bridgehead atoms. The number of rotatable bonds is 6. The van der Waals surface area contributed by atoms with E-state index in [0.29, 0.717) is 39.5 Å². The standard InChI is InChI=1S/C24H21N3O4/c1-29-18-8-6-7-16(13-18)15-25-27-23(17-11-12-21(30-2)22(14-17)31-3)26-20-10-5-4-9-19(20)24(27)28/h4-15H,1-3H3. The molecule has 0 N–H and O–H groups in total. The smallest absolute Gasteiger partial charge is 0.282 e. The van der Waals surface area contributed by atoms with E-state index in [4.69, 9.17) is 19.2 Å². The van der Waals surface area contributed by atoms with Gasteiger partial charge in [0.15, 0.2) is 17.3 Å². The Morgan fingerprint density at radius 2 is 1.68 bits per heavy atom. The quantitative estimate of drug-likeness (QED) is 0.446. The van der Waals surface area contributed by atoms with E-state index in [-0.39, 0.29) is 5.56 Å². The number of fused-ring (bicyclic) bond motifs is 1. The van der Waals surface area contributed by atoms with Gasteiger partial charge in [-0.3, -0.25) is 4.79 Å². The highest BCUT2D eigenvalue weighted by Gasteiger charge is 2.14. The molecule has 0 fully saturated rings. The molecule has 156 valence electrons. The Morgan fingerprint density at radius 1 is 0.871 bits per heavy atom. The van der Waals surface area contributed by atoms with E-state index >= 15 is 0 Å². The number of hydrogen-bond acceptors (Lipinski definition) is 6. The first kappa shape index (κ1) is 20.2. The lowest BCUT2D eigenvalue weighted by atomic mass is 10.1. The summed E-state index contributed by atoms with van der Waals surface area (Å²) in [7, 11) is 4.73. The van der Waals surface area contributed by atoms with Gasteiger partial charge in [-0.15, -0.1) is 0 Å². The molecule has 0 radical (unpaired) electrons. The van der Waals surface area contributed by atoms with Crippen LogP contribution in [0.2, 0.25) is 0 Å². The van der Waals surface area contributed by atoms with Crippen molar-refractivity contribution in [3.63, 3.8) is 0 Å². The third-order valence-corrected chi connectivity index (χ3v) is 4.81. The summed E-state index contributed by atoms with van der Waals surface area (Å²) in [6.07, 6.45) is 1.60. The monoisotopic (exact) mass is 415 g/mol. The van der Waals surface area contributed by atoms with Crippen LogP contribution in [0.3, 0.4) is 0 Å². The van der Waals surface area contributed by atoms with E-state index in [0.717, 1.165) is 5.56 Å². The molecule has 4 aromatic rings. The van der Waals surface area contributed by atoms with Gasteiger partial charge in [0.1, 0.15) is 5.75 Å². The minimum absolute atomic E-state index is 0.269. The summed E-state index contributed by atoms with van der Waals surface area (Å²) >= 11 is 0. The average molecular weight is 415 g/mol. The van der Waals surface area contributed by atoms with E-state index in [2.05, 4.69) is 5.10 Å². The number of nitrogens with zero attached hydrogens (tertiary/aromatic N) is 3. The van der Waals surface area contributed by atoms with Crippen molar-refractivity contribution in [3.8, 4) is 28.6 Å². The number of methoxy groups -OCH3 is 3. The maximum atomic E-state index is 13.3. The summed E-state index contributed by atoms with van der Waals surface area (Å²) in [4.78, 5) is 18.0. The summed E-state index contributed by atoms with van der Waals surface area (Å²) in [5.74, 6) is 2.21. The van der Waals surface area contributed by atoms with Gasteiger partial charge in [0.2, 0.25) is 0 Å². The Bertz CT molecular complexity index is 1330. The van der Waals surface area contributed by atoms with Crippen molar-refractivity contribution < 1.29 is 14.2 Å². The van der Waals surface area contributed by atoms with Gasteiger partial charge in [-0.2, -0.15) is 9.78 Å². The van der Waals surface area contributed by atoms with Gasteiger partial charge in [0.25, 0.3) is 5.56 Å². The van der Waals surface area contributed by atoms with Crippen LogP contribution >= 0.6 is 0 Å². The zero-order chi connectivity index (χ0) is 21.8. The topological polar surface area (TPSA) is 74.9 Å². The summed E-state index contributed by atoms with van der Waals surface area (Å²) in [5.41, 5.74) is 1.78. The number of ether oxygens (including phenoxy) is 3. The fourth-order valence-electron chi connectivity index (χ4n) is 3.24. The summed E-state index contributed by atoms with van der Waals surface area (Å²) in [5, 5.41) is 4.95. The van der Waals surface area contributed by atoms with Gasteiger partial charge in [0.05, 0.1) is 38.4 Å². The lowest BCUT2D eigenvalue weighted by Crippen LogP contribution is -2.20. The molecular weight excluding hydrogens is 394 g/mol. The first-order chi connectivity index (χ1) is 15.1. The Morgan fingerprint density at radius 3 is 2.45 bits per heavy atom. The lowest BCUT2D eigenvalue weighted by Gasteiger charge is -2.12. The molecule has 1 heterocycles. The Labute approximate surface area is 179 Å². The highest BCUT2D eigenvalue weighted by Crippen LogP contribution is 2.31. The molecule has 31 heavy (non-hydrogen) atoms. The largest absolute Gasteiger partial charge is 0.497 e. The van der Waals surface area contributed by atoms with Crippen LogP contribution in [0.4, 0.5) is 0 Å². The van der Waals surface area contributed by atoms with Crippen LogP contribution in [0.15, 0.2) is 76.6 Å². The van der Waals surface area contributed by atoms with E-state index in [1.807, 2.05) is 36.4 Å². The second-order valence-corrected chi connectivity index (χ2v) is 6.66. The number of hydrogen-bond donors (Lipinski definition) is 0. The molecule has 1 aromatic heterocycles. The first-order valence-electron chi connectivity index (χ1n) is 9.57.